The molecule has 3 rings (SSSR count). The second-order valence-electron chi connectivity index (χ2n) is 7.49. The lowest BCUT2D eigenvalue weighted by molar-refractivity contribution is -0.140. The van der Waals surface area contributed by atoms with Crippen LogP contribution in [0.25, 0.3) is 5.76 Å². The molecule has 1 fully saturated rings. The van der Waals surface area contributed by atoms with E-state index in [1.807, 2.05) is 25.1 Å². The highest BCUT2D eigenvalue weighted by Crippen LogP contribution is 2.40. The summed E-state index contributed by atoms with van der Waals surface area (Å²) in [7, 11) is 5.34. The van der Waals surface area contributed by atoms with Gasteiger partial charge in [0.05, 0.1) is 30.0 Å². The van der Waals surface area contributed by atoms with Gasteiger partial charge in [0.15, 0.2) is 0 Å². The number of likely N-dealkylation sites (tertiary alicyclic amines) is 1. The summed E-state index contributed by atoms with van der Waals surface area (Å²) in [4.78, 5) is 37.7. The normalized spacial score (nSPS) is 18.3. The molecule has 1 saturated heterocycles. The van der Waals surface area contributed by atoms with Crippen molar-refractivity contribution in [3.8, 4) is 5.75 Å². The van der Waals surface area contributed by atoms with E-state index in [0.29, 0.717) is 41.5 Å². The van der Waals surface area contributed by atoms with E-state index < -0.39 is 17.7 Å². The number of benzene rings is 1. The molecule has 0 unspecified atom stereocenters. The van der Waals surface area contributed by atoms with E-state index in [2.05, 4.69) is 9.97 Å². The molecule has 8 nitrogen and oxygen atoms in total. The summed E-state index contributed by atoms with van der Waals surface area (Å²) < 4.78 is 5.32. The number of hydrogen-bond donors (Lipinski definition) is 1. The molecule has 30 heavy (non-hydrogen) atoms. The maximum atomic E-state index is 13.0. The summed E-state index contributed by atoms with van der Waals surface area (Å²) in [5.41, 5.74) is 1.57. The molecule has 8 heteroatoms. The van der Waals surface area contributed by atoms with Crippen molar-refractivity contribution in [2.24, 2.45) is 0 Å². The molecule has 0 bridgehead atoms. The summed E-state index contributed by atoms with van der Waals surface area (Å²) in [5.74, 6) is -0.484. The number of amides is 1. The third-order valence-corrected chi connectivity index (χ3v) is 5.09. The Morgan fingerprint density at radius 2 is 2.00 bits per heavy atom. The molecule has 2 aromatic rings. The largest absolute Gasteiger partial charge is 0.507 e. The van der Waals surface area contributed by atoms with Gasteiger partial charge < -0.3 is 19.6 Å². The average Bonchev–Trinajstić information content (AvgIpc) is 2.96. The lowest BCUT2D eigenvalue weighted by Crippen LogP contribution is -2.35. The number of aliphatic hydroxyl groups is 1. The Balaban J connectivity index is 2.19. The van der Waals surface area contributed by atoms with Crippen LogP contribution in [0.3, 0.4) is 0 Å². The van der Waals surface area contributed by atoms with Crippen molar-refractivity contribution in [3.63, 3.8) is 0 Å². The number of rotatable bonds is 6. The van der Waals surface area contributed by atoms with Crippen LogP contribution in [-0.2, 0) is 9.59 Å². The molecule has 1 aromatic carbocycles. The summed E-state index contributed by atoms with van der Waals surface area (Å²) in [6, 6.07) is 6.42. The number of carbonyl (C=O) groups is 2. The number of ketones is 1. The number of methoxy groups -OCH3 is 1. The fourth-order valence-corrected chi connectivity index (χ4v) is 3.54. The van der Waals surface area contributed by atoms with Crippen LogP contribution in [0.15, 0.2) is 36.0 Å². The minimum absolute atomic E-state index is 0.0302. The van der Waals surface area contributed by atoms with Gasteiger partial charge in [-0.25, -0.2) is 9.97 Å². The van der Waals surface area contributed by atoms with E-state index in [9.17, 15) is 14.7 Å². The SMILES string of the molecule is COc1cccc([C@@H]2C(=C(O)c3cnc(C)nc3C)C(=O)C(=O)N2CCN(C)C)c1. The molecule has 158 valence electrons. The molecule has 1 atom stereocenters. The molecule has 0 aliphatic carbocycles. The molecule has 0 spiro atoms. The van der Waals surface area contributed by atoms with Crippen LogP contribution in [-0.4, -0.2) is 70.9 Å². The zero-order chi connectivity index (χ0) is 22.0. The van der Waals surface area contributed by atoms with Gasteiger partial charge in [-0.3, -0.25) is 9.59 Å². The second kappa shape index (κ2) is 8.62. The van der Waals surface area contributed by atoms with E-state index in [1.165, 1.54) is 11.1 Å². The van der Waals surface area contributed by atoms with Crippen molar-refractivity contribution >= 4 is 17.4 Å². The number of nitrogens with zero attached hydrogens (tertiary/aromatic N) is 4. The number of aryl methyl sites for hydroxylation is 2. The first-order chi connectivity index (χ1) is 14.2. The van der Waals surface area contributed by atoms with Crippen molar-refractivity contribution in [1.29, 1.82) is 0 Å². The van der Waals surface area contributed by atoms with E-state index in [-0.39, 0.29) is 11.3 Å². The van der Waals surface area contributed by atoms with Gasteiger partial charge in [-0.15, -0.1) is 0 Å². The standard InChI is InChI=1S/C22H26N4O4/c1-13-17(12-23-14(2)24-13)20(27)18-19(15-7-6-8-16(11-15)30-5)26(10-9-25(3)4)22(29)21(18)28/h6-8,11-12,19,27H,9-10H2,1-5H3/t19-/m1/s1. The van der Waals surface area contributed by atoms with Crippen LogP contribution in [0.4, 0.5) is 0 Å². The molecule has 1 aliphatic heterocycles. The number of likely N-dealkylation sites (N-methyl/N-ethyl adjacent to an activating group) is 1. The van der Waals surface area contributed by atoms with Crippen LogP contribution in [0.1, 0.15) is 28.7 Å². The number of aliphatic hydroxyl groups excluding tert-OH is 1. The Labute approximate surface area is 175 Å². The van der Waals surface area contributed by atoms with Crippen molar-refractivity contribution in [1.82, 2.24) is 19.8 Å². The molecule has 2 heterocycles. The van der Waals surface area contributed by atoms with Gasteiger partial charge in [0.1, 0.15) is 17.3 Å². The first kappa shape index (κ1) is 21.4. The fraction of sp³-hybridized carbons (Fsp3) is 0.364. The molecule has 1 aromatic heterocycles. The molecule has 1 amide bonds. The molecule has 0 saturated carbocycles. The first-order valence-electron chi connectivity index (χ1n) is 9.62. The quantitative estimate of drug-likeness (QED) is 0.442. The molecular formula is C22H26N4O4. The number of ether oxygens (including phenoxy) is 1. The summed E-state index contributed by atoms with van der Waals surface area (Å²) >= 11 is 0. The minimum atomic E-state index is -0.735. The minimum Gasteiger partial charge on any atom is -0.507 e. The first-order valence-corrected chi connectivity index (χ1v) is 9.62. The Kier molecular flexibility index (Phi) is 6.17. The highest BCUT2D eigenvalue weighted by atomic mass is 16.5. The van der Waals surface area contributed by atoms with Crippen molar-refractivity contribution < 1.29 is 19.4 Å². The number of Topliss-reactive ketones (excluding diaryl/α,β-unsaturated/α-hetero) is 1. The van der Waals surface area contributed by atoms with Gasteiger partial charge in [0.25, 0.3) is 11.7 Å². The summed E-state index contributed by atoms with van der Waals surface area (Å²) in [6.07, 6.45) is 1.48. The van der Waals surface area contributed by atoms with E-state index in [1.54, 1.807) is 39.2 Å². The van der Waals surface area contributed by atoms with Crippen LogP contribution >= 0.6 is 0 Å². The van der Waals surface area contributed by atoms with Crippen LogP contribution in [0.5, 0.6) is 5.75 Å². The van der Waals surface area contributed by atoms with Crippen LogP contribution in [0.2, 0.25) is 0 Å². The summed E-state index contributed by atoms with van der Waals surface area (Å²) in [6.45, 7) is 4.37. The van der Waals surface area contributed by atoms with Gasteiger partial charge >= 0.3 is 0 Å². The smallest absolute Gasteiger partial charge is 0.295 e. The Hall–Kier alpha value is -3.26. The number of aromatic nitrogens is 2. The maximum Gasteiger partial charge on any atom is 0.295 e. The Morgan fingerprint density at radius 3 is 2.63 bits per heavy atom. The van der Waals surface area contributed by atoms with E-state index in [4.69, 9.17) is 4.74 Å². The molecule has 1 aliphatic rings. The van der Waals surface area contributed by atoms with Gasteiger partial charge in [0.2, 0.25) is 0 Å². The van der Waals surface area contributed by atoms with Gasteiger partial charge in [-0.2, -0.15) is 0 Å². The Bertz CT molecular complexity index is 1020. The van der Waals surface area contributed by atoms with E-state index >= 15 is 0 Å². The monoisotopic (exact) mass is 410 g/mol. The maximum absolute atomic E-state index is 13.0. The molecule has 1 N–H and O–H groups in total. The van der Waals surface area contributed by atoms with Gasteiger partial charge in [-0.05, 0) is 45.6 Å². The highest BCUT2D eigenvalue weighted by molar-refractivity contribution is 6.46. The molecule has 0 radical (unpaired) electrons. The molecular weight excluding hydrogens is 384 g/mol. The van der Waals surface area contributed by atoms with Crippen molar-refractivity contribution in [2.45, 2.75) is 19.9 Å². The highest BCUT2D eigenvalue weighted by Gasteiger charge is 2.46. The zero-order valence-corrected chi connectivity index (χ0v) is 17.8. The van der Waals surface area contributed by atoms with Crippen molar-refractivity contribution in [3.05, 3.63) is 58.7 Å². The topological polar surface area (TPSA) is 95.9 Å². The van der Waals surface area contributed by atoms with Gasteiger partial charge in [-0.1, -0.05) is 12.1 Å². The third-order valence-electron chi connectivity index (χ3n) is 5.09. The number of hydrogen-bond acceptors (Lipinski definition) is 7. The van der Waals surface area contributed by atoms with Crippen LogP contribution < -0.4 is 4.74 Å². The Morgan fingerprint density at radius 1 is 1.27 bits per heavy atom. The zero-order valence-electron chi connectivity index (χ0n) is 17.8. The van der Waals surface area contributed by atoms with Gasteiger partial charge in [0, 0.05) is 19.3 Å². The lowest BCUT2D eigenvalue weighted by atomic mass is 9.95. The predicted octanol–water partition coefficient (Wildman–Crippen LogP) is 2.09. The summed E-state index contributed by atoms with van der Waals surface area (Å²) in [5, 5.41) is 11.1. The fourth-order valence-electron chi connectivity index (χ4n) is 3.54. The van der Waals surface area contributed by atoms with E-state index in [0.717, 1.165) is 0 Å². The third kappa shape index (κ3) is 4.04. The average molecular weight is 410 g/mol. The lowest BCUT2D eigenvalue weighted by Gasteiger charge is -2.26. The second-order valence-corrected chi connectivity index (χ2v) is 7.49. The van der Waals surface area contributed by atoms with Crippen molar-refractivity contribution in [2.75, 3.05) is 34.3 Å². The number of carbonyl (C=O) groups excluding carboxylic acids is 2. The predicted molar refractivity (Wildman–Crippen MR) is 112 cm³/mol. The van der Waals surface area contributed by atoms with Crippen LogP contribution in [0, 0.1) is 13.8 Å².